The third kappa shape index (κ3) is 4.05. The fourth-order valence-electron chi connectivity index (χ4n) is 2.78. The van der Waals surface area contributed by atoms with Gasteiger partial charge in [0.2, 0.25) is 5.91 Å². The van der Waals surface area contributed by atoms with Gasteiger partial charge in [0.25, 0.3) is 0 Å². The first-order chi connectivity index (χ1) is 11.3. The molecule has 1 aromatic heterocycles. The van der Waals surface area contributed by atoms with Gasteiger partial charge in [0, 0.05) is 36.4 Å². The number of nitrogens with zero attached hydrogens (tertiary/aromatic N) is 2. The lowest BCUT2D eigenvalue weighted by Crippen LogP contribution is -2.19. The Morgan fingerprint density at radius 3 is 3.04 bits per heavy atom. The van der Waals surface area contributed by atoms with Gasteiger partial charge in [0.05, 0.1) is 11.4 Å². The van der Waals surface area contributed by atoms with Crippen molar-refractivity contribution in [1.29, 1.82) is 0 Å². The summed E-state index contributed by atoms with van der Waals surface area (Å²) < 4.78 is 0. The minimum absolute atomic E-state index is 0.0342. The summed E-state index contributed by atoms with van der Waals surface area (Å²) in [6, 6.07) is 12.1. The van der Waals surface area contributed by atoms with Crippen LogP contribution in [0.2, 0.25) is 0 Å². The summed E-state index contributed by atoms with van der Waals surface area (Å²) in [6.07, 6.45) is 2.87. The molecule has 2 heterocycles. The number of pyridine rings is 1. The molecule has 23 heavy (non-hydrogen) atoms. The normalized spacial score (nSPS) is 13.0. The molecule has 0 bridgehead atoms. The molecule has 120 valence electrons. The molecule has 1 aliphatic heterocycles. The number of hydrogen-bond acceptors (Lipinski definition) is 4. The Morgan fingerprint density at radius 2 is 2.26 bits per heavy atom. The number of nitrogens with one attached hydrogen (secondary N) is 1. The average Bonchev–Trinajstić information content (AvgIpc) is 2.98. The molecule has 3 rings (SSSR count). The number of likely N-dealkylation sites (N-methyl/N-ethyl adjacent to an activating group) is 1. The molecule has 1 aromatic carbocycles. The Labute approximate surface area is 141 Å². The van der Waals surface area contributed by atoms with E-state index < -0.39 is 0 Å². The van der Waals surface area contributed by atoms with Gasteiger partial charge in [-0.25, -0.2) is 0 Å². The fourth-order valence-corrected chi connectivity index (χ4v) is 3.52. The number of amides is 1. The van der Waals surface area contributed by atoms with Gasteiger partial charge >= 0.3 is 0 Å². The van der Waals surface area contributed by atoms with Crippen molar-refractivity contribution in [3.05, 3.63) is 53.9 Å². The Balaban J connectivity index is 1.52. The van der Waals surface area contributed by atoms with E-state index in [-0.39, 0.29) is 5.91 Å². The highest BCUT2D eigenvalue weighted by Crippen LogP contribution is 2.30. The lowest BCUT2D eigenvalue weighted by Gasteiger charge is -2.17. The Morgan fingerprint density at radius 1 is 1.35 bits per heavy atom. The monoisotopic (exact) mass is 327 g/mol. The number of rotatable bonds is 6. The van der Waals surface area contributed by atoms with Crippen molar-refractivity contribution in [3.8, 4) is 0 Å². The molecule has 2 aromatic rings. The lowest BCUT2D eigenvalue weighted by molar-refractivity contribution is -0.113. The molecule has 0 saturated heterocycles. The van der Waals surface area contributed by atoms with Gasteiger partial charge < -0.3 is 10.2 Å². The molecule has 0 saturated carbocycles. The summed E-state index contributed by atoms with van der Waals surface area (Å²) in [6.45, 7) is 4.24. The lowest BCUT2D eigenvalue weighted by atomic mass is 10.1. The number of anilines is 2. The highest BCUT2D eigenvalue weighted by Gasteiger charge is 2.18. The first-order valence-electron chi connectivity index (χ1n) is 7.91. The summed E-state index contributed by atoms with van der Waals surface area (Å²) in [7, 11) is 0. The second-order valence-electron chi connectivity index (χ2n) is 5.54. The summed E-state index contributed by atoms with van der Waals surface area (Å²) in [5.74, 6) is 1.22. The first kappa shape index (κ1) is 15.9. The number of carbonyl (C=O) groups excluding carboxylic acids is 1. The maximum absolute atomic E-state index is 12.1. The van der Waals surface area contributed by atoms with Crippen molar-refractivity contribution in [2.24, 2.45) is 0 Å². The topological polar surface area (TPSA) is 45.2 Å². The van der Waals surface area contributed by atoms with Crippen LogP contribution in [0.1, 0.15) is 18.2 Å². The zero-order valence-corrected chi connectivity index (χ0v) is 14.1. The number of aromatic nitrogens is 1. The molecule has 1 N–H and O–H groups in total. The summed E-state index contributed by atoms with van der Waals surface area (Å²) in [5.41, 5.74) is 4.51. The van der Waals surface area contributed by atoms with Crippen LogP contribution in [0.4, 0.5) is 11.4 Å². The van der Waals surface area contributed by atoms with Crippen LogP contribution in [0, 0.1) is 0 Å². The van der Waals surface area contributed by atoms with Crippen molar-refractivity contribution in [1.82, 2.24) is 4.98 Å². The van der Waals surface area contributed by atoms with E-state index in [0.29, 0.717) is 5.75 Å². The number of thioether (sulfide) groups is 1. The van der Waals surface area contributed by atoms with Crippen molar-refractivity contribution in [2.45, 2.75) is 19.1 Å². The molecule has 1 amide bonds. The molecule has 1 aliphatic rings. The number of fused-ring (bicyclic) bond motifs is 1. The van der Waals surface area contributed by atoms with E-state index in [9.17, 15) is 4.79 Å². The van der Waals surface area contributed by atoms with Crippen LogP contribution in [0.25, 0.3) is 0 Å². The standard InChI is InChI=1S/C18H21N3OS/c1-2-21-10-8-14-6-7-15(11-17(14)21)20-18(22)13-23-12-16-5-3-4-9-19-16/h3-7,9,11H,2,8,10,12-13H2,1H3,(H,20,22). The molecular formula is C18H21N3OS. The van der Waals surface area contributed by atoms with Gasteiger partial charge in [-0.3, -0.25) is 9.78 Å². The fraction of sp³-hybridized carbons (Fsp3) is 0.333. The maximum Gasteiger partial charge on any atom is 0.234 e. The average molecular weight is 327 g/mol. The molecule has 0 fully saturated rings. The van der Waals surface area contributed by atoms with E-state index in [1.807, 2.05) is 24.3 Å². The van der Waals surface area contributed by atoms with Gasteiger partial charge in [-0.15, -0.1) is 11.8 Å². The van der Waals surface area contributed by atoms with Crippen LogP contribution in [-0.4, -0.2) is 29.7 Å². The summed E-state index contributed by atoms with van der Waals surface area (Å²) in [4.78, 5) is 18.7. The van der Waals surface area contributed by atoms with E-state index in [4.69, 9.17) is 0 Å². The van der Waals surface area contributed by atoms with Crippen molar-refractivity contribution < 1.29 is 4.79 Å². The van der Waals surface area contributed by atoms with Crippen LogP contribution < -0.4 is 10.2 Å². The van der Waals surface area contributed by atoms with Crippen LogP contribution in [0.15, 0.2) is 42.6 Å². The predicted molar refractivity (Wildman–Crippen MR) is 97.1 cm³/mol. The Bertz CT molecular complexity index is 675. The van der Waals surface area contributed by atoms with Crippen LogP contribution in [-0.2, 0) is 17.0 Å². The molecule has 0 unspecified atom stereocenters. The maximum atomic E-state index is 12.1. The predicted octanol–water partition coefficient (Wildman–Crippen LogP) is 3.34. The molecule has 0 atom stereocenters. The molecular weight excluding hydrogens is 306 g/mol. The van der Waals surface area contributed by atoms with Gasteiger partial charge in [-0.1, -0.05) is 12.1 Å². The third-order valence-corrected chi connectivity index (χ3v) is 4.92. The van der Waals surface area contributed by atoms with E-state index in [1.54, 1.807) is 18.0 Å². The highest BCUT2D eigenvalue weighted by atomic mass is 32.2. The molecule has 5 heteroatoms. The third-order valence-electron chi connectivity index (χ3n) is 3.95. The van der Waals surface area contributed by atoms with E-state index >= 15 is 0 Å². The Hall–Kier alpha value is -2.01. The van der Waals surface area contributed by atoms with Crippen LogP contribution in [0.3, 0.4) is 0 Å². The first-order valence-corrected chi connectivity index (χ1v) is 9.07. The zero-order valence-electron chi connectivity index (χ0n) is 13.3. The second-order valence-corrected chi connectivity index (χ2v) is 6.52. The quantitative estimate of drug-likeness (QED) is 0.884. The molecule has 4 nitrogen and oxygen atoms in total. The van der Waals surface area contributed by atoms with E-state index in [2.05, 4.69) is 34.3 Å². The smallest absolute Gasteiger partial charge is 0.234 e. The summed E-state index contributed by atoms with van der Waals surface area (Å²) >= 11 is 1.58. The van der Waals surface area contributed by atoms with Crippen LogP contribution >= 0.6 is 11.8 Å². The van der Waals surface area contributed by atoms with Crippen molar-refractivity contribution >= 4 is 29.0 Å². The number of carbonyl (C=O) groups is 1. The second kappa shape index (κ2) is 7.51. The minimum Gasteiger partial charge on any atom is -0.371 e. The molecule has 0 spiro atoms. The summed E-state index contributed by atoms with van der Waals surface area (Å²) in [5, 5.41) is 3.00. The molecule has 0 aliphatic carbocycles. The Kier molecular flexibility index (Phi) is 5.18. The SMILES string of the molecule is CCN1CCc2ccc(NC(=O)CSCc3ccccn3)cc21. The van der Waals surface area contributed by atoms with E-state index in [0.717, 1.165) is 36.6 Å². The van der Waals surface area contributed by atoms with Crippen LogP contribution in [0.5, 0.6) is 0 Å². The van der Waals surface area contributed by atoms with Gasteiger partial charge in [0.15, 0.2) is 0 Å². The van der Waals surface area contributed by atoms with Crippen molar-refractivity contribution in [3.63, 3.8) is 0 Å². The minimum atomic E-state index is 0.0342. The van der Waals surface area contributed by atoms with Gasteiger partial charge in [-0.05, 0) is 43.2 Å². The highest BCUT2D eigenvalue weighted by molar-refractivity contribution is 7.99. The zero-order chi connectivity index (χ0) is 16.1. The van der Waals surface area contributed by atoms with E-state index in [1.165, 1.54) is 11.3 Å². The van der Waals surface area contributed by atoms with Gasteiger partial charge in [0.1, 0.15) is 0 Å². The van der Waals surface area contributed by atoms with Crippen molar-refractivity contribution in [2.75, 3.05) is 29.1 Å². The molecule has 0 radical (unpaired) electrons. The largest absolute Gasteiger partial charge is 0.371 e. The van der Waals surface area contributed by atoms with Gasteiger partial charge in [-0.2, -0.15) is 0 Å². The number of benzene rings is 1. The number of hydrogen-bond donors (Lipinski definition) is 1.